The molecule has 0 aliphatic heterocycles. The highest BCUT2D eigenvalue weighted by atomic mass is 16.2. The number of carbonyl (C=O) groups is 4. The van der Waals surface area contributed by atoms with Crippen LogP contribution in [0.5, 0.6) is 0 Å². The van der Waals surface area contributed by atoms with Gasteiger partial charge in [0.25, 0.3) is 11.8 Å². The van der Waals surface area contributed by atoms with Crippen LogP contribution in [0.3, 0.4) is 0 Å². The zero-order valence-electron chi connectivity index (χ0n) is 17.1. The highest BCUT2D eigenvalue weighted by Gasteiger charge is 2.11. The van der Waals surface area contributed by atoms with E-state index in [-0.39, 0.29) is 24.4 Å². The third kappa shape index (κ3) is 6.52. The van der Waals surface area contributed by atoms with E-state index in [0.29, 0.717) is 23.5 Å². The summed E-state index contributed by atoms with van der Waals surface area (Å²) in [7, 11) is 0. The van der Waals surface area contributed by atoms with Crippen LogP contribution in [-0.2, 0) is 16.1 Å². The molecule has 10 nitrogen and oxygen atoms in total. The number of hydrogen-bond acceptors (Lipinski definition) is 5. The topological polar surface area (TPSA) is 148 Å². The first-order chi connectivity index (χ1) is 15.4. The maximum atomic E-state index is 12.6. The number of anilines is 2. The second-order valence-electron chi connectivity index (χ2n) is 6.86. The molecule has 0 aliphatic carbocycles. The zero-order valence-corrected chi connectivity index (χ0v) is 17.1. The number of aromatic nitrogens is 2. The summed E-state index contributed by atoms with van der Waals surface area (Å²) >= 11 is 0. The van der Waals surface area contributed by atoms with Crippen molar-refractivity contribution in [3.05, 3.63) is 78.4 Å². The van der Waals surface area contributed by atoms with Gasteiger partial charge in [0.2, 0.25) is 11.8 Å². The molecule has 4 amide bonds. The standard InChI is InChI=1S/C22H22N6O4/c23-19(29)13-25-21(31)15-3-1-6-18(11-15)27-22(32)16-4-2-5-17(12-16)26-20(30)7-9-28-10-8-24-14-28/h1-6,8,10-12,14H,7,9,13H2,(H2,23,29)(H,25,31)(H,26,30)(H,27,32). The zero-order chi connectivity index (χ0) is 22.9. The fourth-order valence-corrected chi connectivity index (χ4v) is 2.82. The molecule has 0 aliphatic rings. The molecule has 0 unspecified atom stereocenters. The number of amides is 4. The average molecular weight is 434 g/mol. The smallest absolute Gasteiger partial charge is 0.255 e. The fraction of sp³-hybridized carbons (Fsp3) is 0.136. The van der Waals surface area contributed by atoms with Gasteiger partial charge in [-0.2, -0.15) is 0 Å². The lowest BCUT2D eigenvalue weighted by atomic mass is 10.1. The van der Waals surface area contributed by atoms with E-state index in [2.05, 4.69) is 20.9 Å². The number of imidazole rings is 1. The van der Waals surface area contributed by atoms with Gasteiger partial charge in [-0.05, 0) is 36.4 Å². The summed E-state index contributed by atoms with van der Waals surface area (Å²) in [6.07, 6.45) is 5.31. The predicted octanol–water partition coefficient (Wildman–Crippen LogP) is 1.38. The minimum absolute atomic E-state index is 0.189. The first-order valence-electron chi connectivity index (χ1n) is 9.74. The van der Waals surface area contributed by atoms with Crippen LogP contribution >= 0.6 is 0 Å². The van der Waals surface area contributed by atoms with Gasteiger partial charge in [-0.25, -0.2) is 4.98 Å². The van der Waals surface area contributed by atoms with E-state index < -0.39 is 17.7 Å². The summed E-state index contributed by atoms with van der Waals surface area (Å²) < 4.78 is 1.80. The minimum atomic E-state index is -0.656. The summed E-state index contributed by atoms with van der Waals surface area (Å²) in [6, 6.07) is 12.8. The lowest BCUT2D eigenvalue weighted by molar-refractivity contribution is -0.117. The van der Waals surface area contributed by atoms with Crippen LogP contribution in [0.2, 0.25) is 0 Å². The molecular formula is C22H22N6O4. The van der Waals surface area contributed by atoms with Crippen molar-refractivity contribution in [2.75, 3.05) is 17.2 Å². The number of nitrogens with two attached hydrogens (primary N) is 1. The molecule has 1 heterocycles. The molecule has 0 spiro atoms. The van der Waals surface area contributed by atoms with Crippen molar-refractivity contribution in [1.29, 1.82) is 0 Å². The van der Waals surface area contributed by atoms with Crippen molar-refractivity contribution in [3.8, 4) is 0 Å². The minimum Gasteiger partial charge on any atom is -0.368 e. The van der Waals surface area contributed by atoms with Crippen LogP contribution in [0.25, 0.3) is 0 Å². The van der Waals surface area contributed by atoms with E-state index in [0.717, 1.165) is 0 Å². The van der Waals surface area contributed by atoms with Gasteiger partial charge < -0.3 is 26.3 Å². The Morgan fingerprint density at radius 2 is 1.56 bits per heavy atom. The predicted molar refractivity (Wildman–Crippen MR) is 118 cm³/mol. The van der Waals surface area contributed by atoms with Gasteiger partial charge in [-0.3, -0.25) is 19.2 Å². The molecule has 164 valence electrons. The van der Waals surface area contributed by atoms with Crippen LogP contribution in [0.4, 0.5) is 11.4 Å². The Morgan fingerprint density at radius 1 is 0.906 bits per heavy atom. The van der Waals surface area contributed by atoms with Gasteiger partial charge in [0, 0.05) is 47.9 Å². The van der Waals surface area contributed by atoms with Crippen LogP contribution in [0, 0.1) is 0 Å². The van der Waals surface area contributed by atoms with Gasteiger partial charge in [0.1, 0.15) is 0 Å². The maximum absolute atomic E-state index is 12.6. The lowest BCUT2D eigenvalue weighted by Crippen LogP contribution is -2.33. The molecule has 32 heavy (non-hydrogen) atoms. The van der Waals surface area contributed by atoms with E-state index in [9.17, 15) is 19.2 Å². The van der Waals surface area contributed by atoms with Gasteiger partial charge >= 0.3 is 0 Å². The summed E-state index contributed by atoms with van der Waals surface area (Å²) in [5.74, 6) is -1.74. The molecule has 3 rings (SSSR count). The summed E-state index contributed by atoms with van der Waals surface area (Å²) in [5, 5.41) is 7.86. The Balaban J connectivity index is 1.59. The SMILES string of the molecule is NC(=O)CNC(=O)c1cccc(NC(=O)c2cccc(NC(=O)CCn3ccnc3)c2)c1. The summed E-state index contributed by atoms with van der Waals surface area (Å²) in [5.41, 5.74) is 6.51. The molecule has 5 N–H and O–H groups in total. The van der Waals surface area contributed by atoms with Crippen molar-refractivity contribution < 1.29 is 19.2 Å². The van der Waals surface area contributed by atoms with Crippen molar-refractivity contribution in [1.82, 2.24) is 14.9 Å². The number of carbonyl (C=O) groups excluding carboxylic acids is 4. The largest absolute Gasteiger partial charge is 0.368 e. The maximum Gasteiger partial charge on any atom is 0.255 e. The Morgan fingerprint density at radius 3 is 2.19 bits per heavy atom. The third-order valence-electron chi connectivity index (χ3n) is 4.37. The van der Waals surface area contributed by atoms with Gasteiger partial charge in [-0.15, -0.1) is 0 Å². The van der Waals surface area contributed by atoms with Crippen molar-refractivity contribution in [2.24, 2.45) is 5.73 Å². The molecule has 0 atom stereocenters. The molecule has 10 heteroatoms. The lowest BCUT2D eigenvalue weighted by Gasteiger charge is -2.10. The molecule has 0 fully saturated rings. The number of aryl methyl sites for hydroxylation is 1. The number of rotatable bonds is 9. The molecule has 0 bridgehead atoms. The Bertz CT molecular complexity index is 1130. The summed E-state index contributed by atoms with van der Waals surface area (Å²) in [6.45, 7) is 0.214. The first-order valence-corrected chi connectivity index (χ1v) is 9.74. The Hall–Kier alpha value is -4.47. The number of nitrogens with one attached hydrogen (secondary N) is 3. The van der Waals surface area contributed by atoms with Crippen LogP contribution in [0.1, 0.15) is 27.1 Å². The quantitative estimate of drug-likeness (QED) is 0.401. The first kappa shape index (κ1) is 22.2. The Labute approximate surface area is 183 Å². The van der Waals surface area contributed by atoms with Crippen molar-refractivity contribution in [3.63, 3.8) is 0 Å². The highest BCUT2D eigenvalue weighted by molar-refractivity contribution is 6.06. The van der Waals surface area contributed by atoms with Crippen LogP contribution in [-0.4, -0.2) is 39.7 Å². The van der Waals surface area contributed by atoms with Gasteiger partial charge in [0.05, 0.1) is 12.9 Å². The number of benzene rings is 2. The summed E-state index contributed by atoms with van der Waals surface area (Å²) in [4.78, 5) is 51.6. The second kappa shape index (κ2) is 10.5. The number of nitrogens with zero attached hydrogens (tertiary/aromatic N) is 2. The van der Waals surface area contributed by atoms with Crippen LogP contribution in [0.15, 0.2) is 67.3 Å². The molecule has 2 aromatic carbocycles. The molecule has 0 saturated carbocycles. The molecule has 0 saturated heterocycles. The molecular weight excluding hydrogens is 412 g/mol. The fourth-order valence-electron chi connectivity index (χ4n) is 2.82. The van der Waals surface area contributed by atoms with Crippen LogP contribution < -0.4 is 21.7 Å². The normalized spacial score (nSPS) is 10.2. The molecule has 0 radical (unpaired) electrons. The van der Waals surface area contributed by atoms with Crippen molar-refractivity contribution >= 4 is 35.0 Å². The average Bonchev–Trinajstić information content (AvgIpc) is 3.30. The van der Waals surface area contributed by atoms with E-state index >= 15 is 0 Å². The second-order valence-corrected chi connectivity index (χ2v) is 6.86. The van der Waals surface area contributed by atoms with E-state index in [1.54, 1.807) is 65.8 Å². The van der Waals surface area contributed by atoms with Crippen molar-refractivity contribution in [2.45, 2.75) is 13.0 Å². The molecule has 1 aromatic heterocycles. The highest BCUT2D eigenvalue weighted by Crippen LogP contribution is 2.15. The Kier molecular flexibility index (Phi) is 7.31. The van der Waals surface area contributed by atoms with E-state index in [4.69, 9.17) is 5.73 Å². The van der Waals surface area contributed by atoms with Gasteiger partial charge in [0.15, 0.2) is 0 Å². The third-order valence-corrected chi connectivity index (χ3v) is 4.37. The van der Waals surface area contributed by atoms with Gasteiger partial charge in [-0.1, -0.05) is 12.1 Å². The molecule has 3 aromatic rings. The number of hydrogen-bond donors (Lipinski definition) is 4. The monoisotopic (exact) mass is 434 g/mol. The van der Waals surface area contributed by atoms with E-state index in [1.165, 1.54) is 6.07 Å². The number of primary amides is 1. The van der Waals surface area contributed by atoms with E-state index in [1.807, 2.05) is 0 Å².